The fourth-order valence-electron chi connectivity index (χ4n) is 1.47. The second-order valence-electron chi connectivity index (χ2n) is 3.20. The quantitative estimate of drug-likeness (QED) is 0.713. The summed E-state index contributed by atoms with van der Waals surface area (Å²) in [6, 6.07) is 4.21. The van der Waals surface area contributed by atoms with Crippen LogP contribution >= 0.6 is 11.8 Å². The van der Waals surface area contributed by atoms with Crippen molar-refractivity contribution in [2.24, 2.45) is 0 Å². The van der Waals surface area contributed by atoms with Crippen LogP contribution in [0.5, 0.6) is 5.75 Å². The van der Waals surface area contributed by atoms with Gasteiger partial charge in [-0.1, -0.05) is 6.07 Å². The highest BCUT2D eigenvalue weighted by molar-refractivity contribution is 8.00. The number of fused-ring (bicyclic) bond motifs is 1. The van der Waals surface area contributed by atoms with Gasteiger partial charge in [0.25, 0.3) is 0 Å². The molecule has 1 aromatic carbocycles. The maximum Gasteiger partial charge on any atom is 0.446 e. The number of ether oxygens (including phenoxy) is 1. The third kappa shape index (κ3) is 2.32. The number of para-hydroxylation sites is 1. The van der Waals surface area contributed by atoms with Crippen LogP contribution in [0.1, 0.15) is 16.8 Å². The zero-order chi connectivity index (χ0) is 11.8. The van der Waals surface area contributed by atoms with E-state index in [0.717, 1.165) is 0 Å². The number of rotatable bonds is 1. The highest BCUT2D eigenvalue weighted by atomic mass is 32.2. The standard InChI is InChI=1S/C10H7F3O2S/c11-10(12,13)16-8-3-1-2-6-7(14)4-5-15-9(6)8/h1-3H,4-5H2. The van der Waals surface area contributed by atoms with Crippen LogP contribution in [0.2, 0.25) is 0 Å². The average Bonchev–Trinajstić information content (AvgIpc) is 2.17. The summed E-state index contributed by atoms with van der Waals surface area (Å²) < 4.78 is 41.8. The summed E-state index contributed by atoms with van der Waals surface area (Å²) in [4.78, 5) is 11.4. The molecular formula is C10H7F3O2S. The maximum absolute atomic E-state index is 12.2. The van der Waals surface area contributed by atoms with E-state index in [1.54, 1.807) is 0 Å². The maximum atomic E-state index is 12.2. The number of ketones is 1. The monoisotopic (exact) mass is 248 g/mol. The minimum absolute atomic E-state index is 0.0566. The predicted octanol–water partition coefficient (Wildman–Crippen LogP) is 3.26. The van der Waals surface area contributed by atoms with E-state index in [0.29, 0.717) is 0 Å². The van der Waals surface area contributed by atoms with Crippen LogP contribution in [-0.2, 0) is 0 Å². The van der Waals surface area contributed by atoms with Gasteiger partial charge in [0.1, 0.15) is 5.75 Å². The van der Waals surface area contributed by atoms with Gasteiger partial charge < -0.3 is 4.74 Å². The normalized spacial score (nSPS) is 15.6. The van der Waals surface area contributed by atoms with Gasteiger partial charge in [-0.2, -0.15) is 13.2 Å². The highest BCUT2D eigenvalue weighted by Gasteiger charge is 2.32. The summed E-state index contributed by atoms with van der Waals surface area (Å²) in [5, 5.41) is 0. The molecule has 0 radical (unpaired) electrons. The van der Waals surface area contributed by atoms with Gasteiger partial charge in [-0.05, 0) is 23.9 Å². The highest BCUT2D eigenvalue weighted by Crippen LogP contribution is 2.43. The van der Waals surface area contributed by atoms with Crippen LogP contribution in [0.3, 0.4) is 0 Å². The van der Waals surface area contributed by atoms with E-state index >= 15 is 0 Å². The molecule has 1 aliphatic rings. The predicted molar refractivity (Wildman–Crippen MR) is 52.8 cm³/mol. The van der Waals surface area contributed by atoms with Gasteiger partial charge in [0, 0.05) is 6.42 Å². The molecule has 1 heterocycles. The fourth-order valence-corrected chi connectivity index (χ4v) is 2.13. The summed E-state index contributed by atoms with van der Waals surface area (Å²) in [6.45, 7) is 0.140. The summed E-state index contributed by atoms with van der Waals surface area (Å²) in [5.74, 6) is -0.119. The number of alkyl halides is 3. The molecule has 0 saturated heterocycles. The number of hydrogen-bond acceptors (Lipinski definition) is 3. The van der Waals surface area contributed by atoms with Gasteiger partial charge in [0.15, 0.2) is 5.78 Å². The lowest BCUT2D eigenvalue weighted by molar-refractivity contribution is -0.0329. The second-order valence-corrected chi connectivity index (χ2v) is 4.31. The van der Waals surface area contributed by atoms with Crippen molar-refractivity contribution in [3.63, 3.8) is 0 Å². The first-order valence-electron chi connectivity index (χ1n) is 4.52. The Bertz CT molecular complexity index is 429. The Morgan fingerprint density at radius 3 is 2.75 bits per heavy atom. The summed E-state index contributed by atoms with van der Waals surface area (Å²) in [7, 11) is 0. The molecule has 2 rings (SSSR count). The summed E-state index contributed by atoms with van der Waals surface area (Å²) in [6.07, 6.45) is 0.215. The minimum Gasteiger partial charge on any atom is -0.491 e. The molecule has 0 atom stereocenters. The van der Waals surface area contributed by atoms with E-state index < -0.39 is 5.51 Å². The lowest BCUT2D eigenvalue weighted by Gasteiger charge is -2.19. The van der Waals surface area contributed by atoms with Crippen LogP contribution in [0.15, 0.2) is 23.1 Å². The first-order chi connectivity index (χ1) is 7.47. The van der Waals surface area contributed by atoms with Crippen molar-refractivity contribution in [3.05, 3.63) is 23.8 Å². The van der Waals surface area contributed by atoms with Crippen molar-refractivity contribution >= 4 is 17.5 Å². The van der Waals surface area contributed by atoms with Gasteiger partial charge >= 0.3 is 5.51 Å². The van der Waals surface area contributed by atoms with Crippen molar-refractivity contribution in [3.8, 4) is 5.75 Å². The van der Waals surface area contributed by atoms with Crippen molar-refractivity contribution in [1.29, 1.82) is 0 Å². The van der Waals surface area contributed by atoms with Crippen molar-refractivity contribution in [1.82, 2.24) is 0 Å². The first kappa shape index (κ1) is 11.3. The third-order valence-corrected chi connectivity index (χ3v) is 2.85. The van der Waals surface area contributed by atoms with E-state index in [4.69, 9.17) is 4.74 Å². The number of carbonyl (C=O) groups excluding carboxylic acids is 1. The van der Waals surface area contributed by atoms with Crippen molar-refractivity contribution in [2.45, 2.75) is 16.8 Å². The molecule has 0 amide bonds. The SMILES string of the molecule is O=C1CCOc2c(SC(F)(F)F)cccc21. The molecule has 16 heavy (non-hydrogen) atoms. The second kappa shape index (κ2) is 4.01. The number of hydrogen-bond donors (Lipinski definition) is 0. The molecule has 1 aliphatic heterocycles. The van der Waals surface area contributed by atoms with Gasteiger partial charge in [0.05, 0.1) is 17.1 Å². The third-order valence-electron chi connectivity index (χ3n) is 2.08. The molecule has 1 aromatic rings. The molecule has 2 nitrogen and oxygen atoms in total. The lowest BCUT2D eigenvalue weighted by atomic mass is 10.1. The first-order valence-corrected chi connectivity index (χ1v) is 5.34. The molecule has 0 aliphatic carbocycles. The summed E-state index contributed by atoms with van der Waals surface area (Å²) >= 11 is -0.260. The number of halogens is 3. The van der Waals surface area contributed by atoms with Gasteiger partial charge in [-0.3, -0.25) is 4.79 Å². The molecule has 0 spiro atoms. The van der Waals surface area contributed by atoms with Gasteiger partial charge in [-0.25, -0.2) is 0 Å². The van der Waals surface area contributed by atoms with Crippen LogP contribution < -0.4 is 4.74 Å². The number of thioether (sulfide) groups is 1. The zero-order valence-electron chi connectivity index (χ0n) is 8.00. The van der Waals surface area contributed by atoms with Crippen LogP contribution in [-0.4, -0.2) is 17.9 Å². The molecule has 0 unspecified atom stereocenters. The Morgan fingerprint density at radius 1 is 1.31 bits per heavy atom. The van der Waals surface area contributed by atoms with Crippen LogP contribution in [0, 0.1) is 0 Å². The van der Waals surface area contributed by atoms with Gasteiger partial charge in [0.2, 0.25) is 0 Å². The molecule has 0 saturated carbocycles. The largest absolute Gasteiger partial charge is 0.491 e. The molecule has 0 bridgehead atoms. The zero-order valence-corrected chi connectivity index (χ0v) is 8.82. The number of carbonyl (C=O) groups is 1. The average molecular weight is 248 g/mol. The molecule has 0 fully saturated rings. The summed E-state index contributed by atoms with van der Waals surface area (Å²) in [5.41, 5.74) is -4.14. The molecule has 0 aromatic heterocycles. The number of benzene rings is 1. The molecule has 86 valence electrons. The van der Waals surface area contributed by atoms with E-state index in [2.05, 4.69) is 0 Å². The van der Waals surface area contributed by atoms with E-state index in [1.165, 1.54) is 18.2 Å². The number of Topliss-reactive ketones (excluding diaryl/α,β-unsaturated/α-hetero) is 1. The fraction of sp³-hybridized carbons (Fsp3) is 0.300. The molecular weight excluding hydrogens is 241 g/mol. The van der Waals surface area contributed by atoms with E-state index in [-0.39, 0.29) is 46.8 Å². The van der Waals surface area contributed by atoms with Crippen molar-refractivity contribution in [2.75, 3.05) is 6.61 Å². The Morgan fingerprint density at radius 2 is 2.06 bits per heavy atom. The Labute approximate surface area is 93.8 Å². The van der Waals surface area contributed by atoms with Crippen molar-refractivity contribution < 1.29 is 22.7 Å². The van der Waals surface area contributed by atoms with E-state index in [1.807, 2.05) is 0 Å². The Hall–Kier alpha value is -1.17. The topological polar surface area (TPSA) is 26.3 Å². The van der Waals surface area contributed by atoms with Gasteiger partial charge in [-0.15, -0.1) is 0 Å². The van der Waals surface area contributed by atoms with Crippen LogP contribution in [0.25, 0.3) is 0 Å². The Kier molecular flexibility index (Phi) is 2.84. The van der Waals surface area contributed by atoms with E-state index in [9.17, 15) is 18.0 Å². The lowest BCUT2D eigenvalue weighted by Crippen LogP contribution is -2.16. The molecule has 6 heteroatoms. The van der Waals surface area contributed by atoms with Crippen LogP contribution in [0.4, 0.5) is 13.2 Å². The Balaban J connectivity index is 2.40. The smallest absolute Gasteiger partial charge is 0.446 e. The molecule has 0 N–H and O–H groups in total. The minimum atomic E-state index is -4.38.